The molecule has 2 rings (SSSR count). The van der Waals surface area contributed by atoms with E-state index in [1.54, 1.807) is 25.1 Å². The van der Waals surface area contributed by atoms with Gasteiger partial charge in [-0.15, -0.1) is 5.10 Å². The third-order valence-electron chi connectivity index (χ3n) is 2.13. The molecule has 5 nitrogen and oxygen atoms in total. The number of hydrogen-bond acceptors (Lipinski definition) is 4. The van der Waals surface area contributed by atoms with E-state index in [1.807, 2.05) is 0 Å². The molecule has 0 aliphatic carbocycles. The minimum absolute atomic E-state index is 0.156. The topological polar surface area (TPSA) is 57.0 Å². The molecule has 0 bridgehead atoms. The molecule has 1 aromatic heterocycles. The van der Waals surface area contributed by atoms with Crippen LogP contribution in [0.2, 0.25) is 5.02 Å². The summed E-state index contributed by atoms with van der Waals surface area (Å²) in [5.41, 5.74) is 0.856. The van der Waals surface area contributed by atoms with Gasteiger partial charge in [-0.2, -0.15) is 0 Å². The number of esters is 1. The van der Waals surface area contributed by atoms with Crippen LogP contribution in [0.5, 0.6) is 0 Å². The highest BCUT2D eigenvalue weighted by Gasteiger charge is 2.13. The first-order valence-electron chi connectivity index (χ1n) is 5.16. The SMILES string of the molecule is CCOC(=O)c1cn(-c2cc(Cl)ccc2Br)nn1. The molecule has 1 heterocycles. The van der Waals surface area contributed by atoms with E-state index in [4.69, 9.17) is 16.3 Å². The molecule has 0 aliphatic heterocycles. The highest BCUT2D eigenvalue weighted by atomic mass is 79.9. The molecule has 2 aromatic rings. The highest BCUT2D eigenvalue weighted by molar-refractivity contribution is 9.10. The molecule has 0 spiro atoms. The van der Waals surface area contributed by atoms with Gasteiger partial charge in [0, 0.05) is 9.50 Å². The second-order valence-corrected chi connectivity index (χ2v) is 4.66. The summed E-state index contributed by atoms with van der Waals surface area (Å²) in [5.74, 6) is -0.498. The van der Waals surface area contributed by atoms with Crippen molar-refractivity contribution in [1.82, 2.24) is 15.0 Å². The number of rotatable bonds is 3. The molecule has 7 heteroatoms. The lowest BCUT2D eigenvalue weighted by molar-refractivity contribution is 0.0519. The van der Waals surface area contributed by atoms with Gasteiger partial charge in [0.25, 0.3) is 0 Å². The molecular formula is C11H9BrClN3O2. The van der Waals surface area contributed by atoms with Crippen molar-refractivity contribution in [2.45, 2.75) is 6.92 Å². The molecule has 0 fully saturated rings. The zero-order valence-electron chi connectivity index (χ0n) is 9.43. The molecule has 18 heavy (non-hydrogen) atoms. The Kier molecular flexibility index (Phi) is 3.98. The number of benzene rings is 1. The van der Waals surface area contributed by atoms with E-state index < -0.39 is 5.97 Å². The van der Waals surface area contributed by atoms with Crippen LogP contribution >= 0.6 is 27.5 Å². The zero-order chi connectivity index (χ0) is 13.1. The lowest BCUT2D eigenvalue weighted by Gasteiger charge is -2.03. The van der Waals surface area contributed by atoms with Crippen LogP contribution in [-0.2, 0) is 4.74 Å². The molecule has 0 amide bonds. The van der Waals surface area contributed by atoms with Gasteiger partial charge in [0.2, 0.25) is 0 Å². The summed E-state index contributed by atoms with van der Waals surface area (Å²) < 4.78 is 7.10. The average Bonchev–Trinajstić information content (AvgIpc) is 2.82. The second-order valence-electron chi connectivity index (χ2n) is 3.36. The van der Waals surface area contributed by atoms with Crippen LogP contribution in [0, 0.1) is 0 Å². The van der Waals surface area contributed by atoms with E-state index in [1.165, 1.54) is 10.9 Å². The van der Waals surface area contributed by atoms with Gasteiger partial charge in [-0.25, -0.2) is 9.48 Å². The van der Waals surface area contributed by atoms with Gasteiger partial charge >= 0.3 is 5.97 Å². The number of nitrogens with zero attached hydrogens (tertiary/aromatic N) is 3. The number of carbonyl (C=O) groups excluding carboxylic acids is 1. The maximum absolute atomic E-state index is 11.5. The van der Waals surface area contributed by atoms with Crippen LogP contribution in [0.15, 0.2) is 28.9 Å². The van der Waals surface area contributed by atoms with Crippen molar-refractivity contribution in [1.29, 1.82) is 0 Å². The first-order valence-corrected chi connectivity index (χ1v) is 6.34. The maximum Gasteiger partial charge on any atom is 0.360 e. The van der Waals surface area contributed by atoms with Crippen molar-refractivity contribution >= 4 is 33.5 Å². The van der Waals surface area contributed by atoms with E-state index >= 15 is 0 Å². The summed E-state index contributed by atoms with van der Waals surface area (Å²) in [7, 11) is 0. The van der Waals surface area contributed by atoms with Crippen molar-refractivity contribution in [2.24, 2.45) is 0 Å². The molecule has 1 aromatic carbocycles. The molecule has 0 saturated heterocycles. The summed E-state index contributed by atoms with van der Waals surface area (Å²) in [4.78, 5) is 11.5. The van der Waals surface area contributed by atoms with Crippen LogP contribution in [0.4, 0.5) is 0 Å². The number of ether oxygens (including phenoxy) is 1. The van der Waals surface area contributed by atoms with Crippen LogP contribution < -0.4 is 0 Å². The van der Waals surface area contributed by atoms with Gasteiger partial charge in [0.05, 0.1) is 18.5 Å². The van der Waals surface area contributed by atoms with Gasteiger partial charge in [-0.3, -0.25) is 0 Å². The van der Waals surface area contributed by atoms with Gasteiger partial charge < -0.3 is 4.74 Å². The zero-order valence-corrected chi connectivity index (χ0v) is 11.8. The van der Waals surface area contributed by atoms with E-state index in [0.29, 0.717) is 17.3 Å². The minimum atomic E-state index is -0.498. The Labute approximate surface area is 117 Å². The van der Waals surface area contributed by atoms with Crippen LogP contribution in [0.25, 0.3) is 5.69 Å². The number of carbonyl (C=O) groups is 1. The third-order valence-corrected chi connectivity index (χ3v) is 3.04. The van der Waals surface area contributed by atoms with Crippen molar-refractivity contribution in [2.75, 3.05) is 6.61 Å². The Hall–Kier alpha value is -1.40. The average molecular weight is 331 g/mol. The largest absolute Gasteiger partial charge is 0.461 e. The molecule has 0 radical (unpaired) electrons. The summed E-state index contributed by atoms with van der Waals surface area (Å²) in [6.07, 6.45) is 1.49. The van der Waals surface area contributed by atoms with Crippen LogP contribution in [0.3, 0.4) is 0 Å². The minimum Gasteiger partial charge on any atom is -0.461 e. The van der Waals surface area contributed by atoms with Gasteiger partial charge in [-0.05, 0) is 41.1 Å². The second kappa shape index (κ2) is 5.49. The molecular weight excluding hydrogens is 321 g/mol. The van der Waals surface area contributed by atoms with Crippen LogP contribution in [0.1, 0.15) is 17.4 Å². The monoisotopic (exact) mass is 329 g/mol. The fourth-order valence-corrected chi connectivity index (χ4v) is 1.94. The van der Waals surface area contributed by atoms with Crippen molar-refractivity contribution in [3.05, 3.63) is 39.6 Å². The Bertz CT molecular complexity index is 585. The summed E-state index contributed by atoms with van der Waals surface area (Å²) >= 11 is 9.29. The quantitative estimate of drug-likeness (QED) is 0.812. The summed E-state index contributed by atoms with van der Waals surface area (Å²) in [6, 6.07) is 5.26. The standard InChI is InChI=1S/C11H9BrClN3O2/c1-2-18-11(17)9-6-16(15-14-9)10-5-7(13)3-4-8(10)12/h3-6H,2H2,1H3. The number of aromatic nitrogens is 3. The third kappa shape index (κ3) is 2.70. The van der Waals surface area contributed by atoms with E-state index in [0.717, 1.165) is 4.47 Å². The molecule has 94 valence electrons. The Balaban J connectivity index is 2.35. The van der Waals surface area contributed by atoms with Crippen molar-refractivity contribution in [3.63, 3.8) is 0 Å². The van der Waals surface area contributed by atoms with Gasteiger partial charge in [0.15, 0.2) is 5.69 Å². The summed E-state index contributed by atoms with van der Waals surface area (Å²) in [6.45, 7) is 2.03. The summed E-state index contributed by atoms with van der Waals surface area (Å²) in [5, 5.41) is 8.20. The lowest BCUT2D eigenvalue weighted by Crippen LogP contribution is -2.04. The number of halogens is 2. The van der Waals surface area contributed by atoms with Crippen molar-refractivity contribution < 1.29 is 9.53 Å². The van der Waals surface area contributed by atoms with Gasteiger partial charge in [0.1, 0.15) is 0 Å². The van der Waals surface area contributed by atoms with E-state index in [9.17, 15) is 4.79 Å². The Morgan fingerprint density at radius 1 is 1.56 bits per heavy atom. The van der Waals surface area contributed by atoms with E-state index in [-0.39, 0.29) is 5.69 Å². The molecule has 0 unspecified atom stereocenters. The fraction of sp³-hybridized carbons (Fsp3) is 0.182. The predicted octanol–water partition coefficient (Wildman–Crippen LogP) is 2.86. The normalized spacial score (nSPS) is 10.4. The lowest BCUT2D eigenvalue weighted by atomic mass is 10.3. The first-order chi connectivity index (χ1) is 8.61. The van der Waals surface area contributed by atoms with Crippen LogP contribution in [-0.4, -0.2) is 27.6 Å². The number of hydrogen-bond donors (Lipinski definition) is 0. The predicted molar refractivity (Wildman–Crippen MR) is 70.0 cm³/mol. The Morgan fingerprint density at radius 2 is 2.33 bits per heavy atom. The highest BCUT2D eigenvalue weighted by Crippen LogP contribution is 2.24. The first kappa shape index (κ1) is 13.0. The maximum atomic E-state index is 11.5. The smallest absolute Gasteiger partial charge is 0.360 e. The molecule has 0 aliphatic rings. The van der Waals surface area contributed by atoms with E-state index in [2.05, 4.69) is 26.2 Å². The molecule has 0 saturated carbocycles. The van der Waals surface area contributed by atoms with Crippen molar-refractivity contribution in [3.8, 4) is 5.69 Å². The molecule has 0 atom stereocenters. The Morgan fingerprint density at radius 3 is 3.06 bits per heavy atom. The molecule has 0 N–H and O–H groups in total. The fourth-order valence-electron chi connectivity index (χ4n) is 1.34. The van der Waals surface area contributed by atoms with Gasteiger partial charge in [-0.1, -0.05) is 16.8 Å².